The monoisotopic (exact) mass is 364 g/mol. The molecule has 0 spiro atoms. The van der Waals surface area contributed by atoms with Gasteiger partial charge in [0.15, 0.2) is 0 Å². The molecule has 2 heterocycles. The van der Waals surface area contributed by atoms with Gasteiger partial charge in [-0.05, 0) is 50.2 Å². The highest BCUT2D eigenvalue weighted by Crippen LogP contribution is 2.65. The molecule has 2 fully saturated rings. The van der Waals surface area contributed by atoms with E-state index in [1.54, 1.807) is 0 Å². The van der Waals surface area contributed by atoms with Crippen molar-refractivity contribution in [3.63, 3.8) is 0 Å². The summed E-state index contributed by atoms with van der Waals surface area (Å²) in [5, 5.41) is 4.61. The van der Waals surface area contributed by atoms with Crippen LogP contribution in [0.25, 0.3) is 11.3 Å². The number of alkyl halides is 3. The Hall–Kier alpha value is -2.05. The Kier molecular flexibility index (Phi) is 3.82. The highest BCUT2D eigenvalue weighted by molar-refractivity contribution is 5.63. The zero-order chi connectivity index (χ0) is 18.8. The van der Waals surface area contributed by atoms with E-state index in [2.05, 4.69) is 17.0 Å². The van der Waals surface area contributed by atoms with Crippen molar-refractivity contribution < 1.29 is 13.2 Å². The fourth-order valence-corrected chi connectivity index (χ4v) is 4.67. The first kappa shape index (κ1) is 17.4. The van der Waals surface area contributed by atoms with Crippen LogP contribution in [0.4, 0.5) is 19.0 Å². The highest BCUT2D eigenvalue weighted by Gasteiger charge is 2.58. The van der Waals surface area contributed by atoms with Gasteiger partial charge in [0.1, 0.15) is 5.82 Å². The lowest BCUT2D eigenvalue weighted by Crippen LogP contribution is -2.10. The Labute approximate surface area is 150 Å². The maximum atomic E-state index is 13.1. The maximum Gasteiger partial charge on any atom is 0.419 e. The lowest BCUT2D eigenvalue weighted by atomic mass is 10.00. The molecule has 2 saturated carbocycles. The van der Waals surface area contributed by atoms with E-state index >= 15 is 0 Å². The predicted octanol–water partition coefficient (Wildman–Crippen LogP) is 4.89. The molecule has 0 aromatic carbocycles. The summed E-state index contributed by atoms with van der Waals surface area (Å²) in [6.45, 7) is 6.38. The smallest absolute Gasteiger partial charge is 0.383 e. The van der Waals surface area contributed by atoms with Gasteiger partial charge in [0, 0.05) is 29.4 Å². The zero-order valence-corrected chi connectivity index (χ0v) is 15.1. The molecule has 0 aliphatic heterocycles. The number of nitrogens with zero attached hydrogens (tertiary/aromatic N) is 3. The van der Waals surface area contributed by atoms with Crippen molar-refractivity contribution in [1.29, 1.82) is 0 Å². The Morgan fingerprint density at radius 3 is 2.54 bits per heavy atom. The second-order valence-electron chi connectivity index (χ2n) is 7.97. The van der Waals surface area contributed by atoms with Gasteiger partial charge in [0.2, 0.25) is 0 Å². The average Bonchev–Trinajstić information content (AvgIpc) is 2.90. The number of halogens is 3. The largest absolute Gasteiger partial charge is 0.419 e. The Balaban J connectivity index is 1.74. The third kappa shape index (κ3) is 2.68. The van der Waals surface area contributed by atoms with E-state index in [1.165, 1.54) is 19.0 Å². The van der Waals surface area contributed by atoms with Gasteiger partial charge in [0.05, 0.1) is 11.3 Å². The van der Waals surface area contributed by atoms with Crippen molar-refractivity contribution in [3.8, 4) is 11.3 Å². The van der Waals surface area contributed by atoms with Crippen LogP contribution in [0.5, 0.6) is 0 Å². The van der Waals surface area contributed by atoms with Crippen LogP contribution in [-0.2, 0) is 6.18 Å². The first-order valence-corrected chi connectivity index (χ1v) is 9.11. The number of pyridine rings is 1. The summed E-state index contributed by atoms with van der Waals surface area (Å²) >= 11 is 0. The van der Waals surface area contributed by atoms with Gasteiger partial charge in [-0.2, -0.15) is 18.3 Å². The lowest BCUT2D eigenvalue weighted by molar-refractivity contribution is -0.137. The fourth-order valence-electron chi connectivity index (χ4n) is 4.67. The standard InChI is InChI=1S/C19H23F3N4/c1-9(2)26-15(17-12-5-4-10(3)16(12)17)7-14(25-26)11-6-13(19(20,21)22)18(23)24-8-11/h6-10,12,16-17H,4-5H2,1-3H3,(H2,23,24)/t10?,12-,16+,17-/m1/s1. The SMILES string of the molecule is CC1CC[C@H]2[C@H](c3cc(-c4cnc(N)c(C(F)(F)F)c4)nn3C(C)C)[C@@H]12. The molecule has 0 amide bonds. The first-order valence-electron chi connectivity index (χ1n) is 9.11. The molecular weight excluding hydrogens is 341 g/mol. The molecule has 7 heteroatoms. The van der Waals surface area contributed by atoms with E-state index in [0.717, 1.165) is 11.8 Å². The third-order valence-electron chi connectivity index (χ3n) is 5.96. The van der Waals surface area contributed by atoms with Gasteiger partial charge < -0.3 is 5.73 Å². The molecule has 140 valence electrons. The average molecular weight is 364 g/mol. The maximum absolute atomic E-state index is 13.1. The van der Waals surface area contributed by atoms with Crippen LogP contribution < -0.4 is 5.73 Å². The number of fused-ring (bicyclic) bond motifs is 1. The molecule has 1 unspecified atom stereocenters. The summed E-state index contributed by atoms with van der Waals surface area (Å²) in [6.07, 6.45) is -0.653. The molecule has 2 aromatic heterocycles. The molecule has 2 aliphatic carbocycles. The van der Waals surface area contributed by atoms with Crippen LogP contribution in [0.3, 0.4) is 0 Å². The summed E-state index contributed by atoms with van der Waals surface area (Å²) in [7, 11) is 0. The first-order chi connectivity index (χ1) is 12.2. The third-order valence-corrected chi connectivity index (χ3v) is 5.96. The van der Waals surface area contributed by atoms with E-state index < -0.39 is 17.6 Å². The van der Waals surface area contributed by atoms with Gasteiger partial charge >= 0.3 is 6.18 Å². The number of aromatic nitrogens is 3. The van der Waals surface area contributed by atoms with Crippen molar-refractivity contribution in [1.82, 2.24) is 14.8 Å². The highest BCUT2D eigenvalue weighted by atomic mass is 19.4. The molecule has 2 aliphatic rings. The molecule has 0 bridgehead atoms. The van der Waals surface area contributed by atoms with Crippen molar-refractivity contribution in [2.24, 2.45) is 17.8 Å². The number of hydrogen-bond donors (Lipinski definition) is 1. The van der Waals surface area contributed by atoms with Crippen LogP contribution in [0.2, 0.25) is 0 Å². The summed E-state index contributed by atoms with van der Waals surface area (Å²) in [5.41, 5.74) is 6.53. The zero-order valence-electron chi connectivity index (χ0n) is 15.1. The van der Waals surface area contributed by atoms with Crippen molar-refractivity contribution in [2.45, 2.75) is 51.7 Å². The topological polar surface area (TPSA) is 56.7 Å². The Morgan fingerprint density at radius 1 is 1.23 bits per heavy atom. The van der Waals surface area contributed by atoms with E-state index in [1.807, 2.05) is 24.6 Å². The number of nitrogens with two attached hydrogens (primary N) is 1. The molecule has 4 rings (SSSR count). The van der Waals surface area contributed by atoms with E-state index in [-0.39, 0.29) is 6.04 Å². The van der Waals surface area contributed by atoms with E-state index in [9.17, 15) is 13.2 Å². The minimum atomic E-state index is -4.53. The molecule has 26 heavy (non-hydrogen) atoms. The molecule has 2 aromatic rings. The fraction of sp³-hybridized carbons (Fsp3) is 0.579. The van der Waals surface area contributed by atoms with E-state index in [4.69, 9.17) is 5.73 Å². The Bertz CT molecular complexity index is 840. The van der Waals surface area contributed by atoms with Crippen molar-refractivity contribution in [2.75, 3.05) is 5.73 Å². The van der Waals surface area contributed by atoms with Crippen molar-refractivity contribution in [3.05, 3.63) is 29.6 Å². The second kappa shape index (κ2) is 5.72. The molecular formula is C19H23F3N4. The van der Waals surface area contributed by atoms with Crippen LogP contribution in [-0.4, -0.2) is 14.8 Å². The number of rotatable bonds is 3. The minimum Gasteiger partial charge on any atom is -0.383 e. The molecule has 0 radical (unpaired) electrons. The molecule has 4 atom stereocenters. The number of nitrogen functional groups attached to an aromatic ring is 1. The van der Waals surface area contributed by atoms with Crippen LogP contribution in [0.1, 0.15) is 56.8 Å². The molecule has 0 saturated heterocycles. The summed E-state index contributed by atoms with van der Waals surface area (Å²) in [5.74, 6) is 2.06. The Morgan fingerprint density at radius 2 is 1.96 bits per heavy atom. The van der Waals surface area contributed by atoms with Gasteiger partial charge in [-0.1, -0.05) is 13.3 Å². The molecule has 4 nitrogen and oxygen atoms in total. The van der Waals surface area contributed by atoms with Crippen molar-refractivity contribution >= 4 is 5.82 Å². The summed E-state index contributed by atoms with van der Waals surface area (Å²) < 4.78 is 41.4. The van der Waals surface area contributed by atoms with Gasteiger partial charge in [0.25, 0.3) is 0 Å². The van der Waals surface area contributed by atoms with Crippen LogP contribution in [0, 0.1) is 17.8 Å². The van der Waals surface area contributed by atoms with Gasteiger partial charge in [-0.25, -0.2) is 4.98 Å². The minimum absolute atomic E-state index is 0.152. The normalized spacial score (nSPS) is 27.8. The van der Waals surface area contributed by atoms with Crippen LogP contribution >= 0.6 is 0 Å². The second-order valence-corrected chi connectivity index (χ2v) is 7.97. The quantitative estimate of drug-likeness (QED) is 0.844. The van der Waals surface area contributed by atoms with E-state index in [0.29, 0.717) is 34.9 Å². The number of hydrogen-bond acceptors (Lipinski definition) is 3. The summed E-state index contributed by atoms with van der Waals surface area (Å²) in [6, 6.07) is 3.15. The summed E-state index contributed by atoms with van der Waals surface area (Å²) in [4.78, 5) is 3.74. The van der Waals surface area contributed by atoms with Gasteiger partial charge in [-0.15, -0.1) is 0 Å². The van der Waals surface area contributed by atoms with Crippen LogP contribution in [0.15, 0.2) is 18.3 Å². The van der Waals surface area contributed by atoms with Gasteiger partial charge in [-0.3, -0.25) is 4.68 Å². The molecule has 2 N–H and O–H groups in total. The number of anilines is 1. The predicted molar refractivity (Wildman–Crippen MR) is 93.4 cm³/mol. The lowest BCUT2D eigenvalue weighted by Gasteiger charge is -2.13.